The van der Waals surface area contributed by atoms with E-state index in [1.807, 2.05) is 7.05 Å². The molecule has 0 aliphatic heterocycles. The van der Waals surface area contributed by atoms with Gasteiger partial charge in [-0.1, -0.05) is 26.2 Å². The SMILES string of the molecule is CCCC(=O)CC1(NC)CCCCC1. The van der Waals surface area contributed by atoms with Gasteiger partial charge in [0.1, 0.15) is 5.78 Å². The number of Topliss-reactive ketones (excluding diaryl/α,β-unsaturated/α-hetero) is 1. The van der Waals surface area contributed by atoms with Gasteiger partial charge in [-0.05, 0) is 26.3 Å². The molecule has 2 nitrogen and oxygen atoms in total. The van der Waals surface area contributed by atoms with Crippen LogP contribution in [0.5, 0.6) is 0 Å². The molecule has 0 amide bonds. The Hall–Kier alpha value is -0.370. The Morgan fingerprint density at radius 1 is 1.29 bits per heavy atom. The molecule has 0 atom stereocenters. The van der Waals surface area contributed by atoms with Gasteiger partial charge in [0.25, 0.3) is 0 Å². The minimum atomic E-state index is 0.143. The van der Waals surface area contributed by atoms with E-state index in [9.17, 15) is 4.79 Å². The van der Waals surface area contributed by atoms with Crippen molar-refractivity contribution in [3.8, 4) is 0 Å². The van der Waals surface area contributed by atoms with Gasteiger partial charge in [-0.25, -0.2) is 0 Å². The molecule has 1 rings (SSSR count). The van der Waals surface area contributed by atoms with E-state index < -0.39 is 0 Å². The molecule has 2 heteroatoms. The molecule has 0 aromatic carbocycles. The van der Waals surface area contributed by atoms with Crippen LogP contribution in [0.2, 0.25) is 0 Å². The number of hydrogen-bond acceptors (Lipinski definition) is 2. The van der Waals surface area contributed by atoms with Crippen molar-refractivity contribution in [1.29, 1.82) is 0 Å². The second-order valence-corrected chi connectivity index (χ2v) is 4.56. The maximum Gasteiger partial charge on any atom is 0.134 e. The first-order valence-electron chi connectivity index (χ1n) is 5.93. The van der Waals surface area contributed by atoms with Gasteiger partial charge in [-0.2, -0.15) is 0 Å². The van der Waals surface area contributed by atoms with Crippen molar-refractivity contribution in [2.24, 2.45) is 0 Å². The highest BCUT2D eigenvalue weighted by atomic mass is 16.1. The summed E-state index contributed by atoms with van der Waals surface area (Å²) < 4.78 is 0. The van der Waals surface area contributed by atoms with Crippen molar-refractivity contribution in [2.75, 3.05) is 7.05 Å². The van der Waals surface area contributed by atoms with Crippen LogP contribution in [0.15, 0.2) is 0 Å². The van der Waals surface area contributed by atoms with E-state index in [0.29, 0.717) is 5.78 Å². The van der Waals surface area contributed by atoms with Gasteiger partial charge in [-0.15, -0.1) is 0 Å². The summed E-state index contributed by atoms with van der Waals surface area (Å²) in [6.45, 7) is 2.07. The van der Waals surface area contributed by atoms with Crippen molar-refractivity contribution >= 4 is 5.78 Å². The highest BCUT2D eigenvalue weighted by Crippen LogP contribution is 2.31. The van der Waals surface area contributed by atoms with Gasteiger partial charge < -0.3 is 5.32 Å². The molecule has 1 N–H and O–H groups in total. The molecule has 82 valence electrons. The molecule has 1 saturated carbocycles. The first-order valence-corrected chi connectivity index (χ1v) is 5.93. The van der Waals surface area contributed by atoms with Crippen molar-refractivity contribution < 1.29 is 4.79 Å². The fraction of sp³-hybridized carbons (Fsp3) is 0.917. The van der Waals surface area contributed by atoms with Gasteiger partial charge in [0.2, 0.25) is 0 Å². The third-order valence-electron chi connectivity index (χ3n) is 3.41. The molecule has 0 aromatic rings. The third-order valence-corrected chi connectivity index (χ3v) is 3.41. The van der Waals surface area contributed by atoms with Crippen LogP contribution < -0.4 is 5.32 Å². The largest absolute Gasteiger partial charge is 0.314 e. The number of hydrogen-bond donors (Lipinski definition) is 1. The molecule has 0 unspecified atom stereocenters. The topological polar surface area (TPSA) is 29.1 Å². The first kappa shape index (κ1) is 11.7. The minimum absolute atomic E-state index is 0.143. The molecule has 0 heterocycles. The number of ketones is 1. The summed E-state index contributed by atoms with van der Waals surface area (Å²) in [6, 6.07) is 0. The van der Waals surface area contributed by atoms with Crippen LogP contribution in [-0.2, 0) is 4.79 Å². The summed E-state index contributed by atoms with van der Waals surface area (Å²) in [7, 11) is 2.00. The molecule has 0 saturated heterocycles. The average molecular weight is 197 g/mol. The molecule has 0 spiro atoms. The van der Waals surface area contributed by atoms with Crippen molar-refractivity contribution in [3.63, 3.8) is 0 Å². The highest BCUT2D eigenvalue weighted by Gasteiger charge is 2.31. The van der Waals surface area contributed by atoms with Crippen LogP contribution in [0, 0.1) is 0 Å². The van der Waals surface area contributed by atoms with Crippen LogP contribution in [0.3, 0.4) is 0 Å². The summed E-state index contributed by atoms with van der Waals surface area (Å²) >= 11 is 0. The van der Waals surface area contributed by atoms with E-state index in [4.69, 9.17) is 0 Å². The number of carbonyl (C=O) groups excluding carboxylic acids is 1. The second kappa shape index (κ2) is 5.50. The summed E-state index contributed by atoms with van der Waals surface area (Å²) in [6.07, 6.45) is 8.74. The number of nitrogens with one attached hydrogen (secondary N) is 1. The first-order chi connectivity index (χ1) is 6.72. The third kappa shape index (κ3) is 3.09. The molecule has 1 aliphatic carbocycles. The Morgan fingerprint density at radius 2 is 1.93 bits per heavy atom. The Balaban J connectivity index is 2.47. The zero-order valence-electron chi connectivity index (χ0n) is 9.57. The van der Waals surface area contributed by atoms with Crippen LogP contribution in [0.1, 0.15) is 58.3 Å². The zero-order chi connectivity index (χ0) is 10.4. The zero-order valence-corrected chi connectivity index (χ0v) is 9.57. The highest BCUT2D eigenvalue weighted by molar-refractivity contribution is 5.79. The molecule has 0 bridgehead atoms. The monoisotopic (exact) mass is 197 g/mol. The summed E-state index contributed by atoms with van der Waals surface area (Å²) in [4.78, 5) is 11.6. The lowest BCUT2D eigenvalue weighted by Gasteiger charge is -2.36. The maximum atomic E-state index is 11.6. The van der Waals surface area contributed by atoms with Crippen molar-refractivity contribution in [1.82, 2.24) is 5.32 Å². The summed E-state index contributed by atoms with van der Waals surface area (Å²) in [5.74, 6) is 0.434. The lowest BCUT2D eigenvalue weighted by atomic mass is 9.78. The van der Waals surface area contributed by atoms with E-state index in [1.54, 1.807) is 0 Å². The fourth-order valence-corrected chi connectivity index (χ4v) is 2.49. The van der Waals surface area contributed by atoms with E-state index in [-0.39, 0.29) is 5.54 Å². The van der Waals surface area contributed by atoms with Gasteiger partial charge in [0, 0.05) is 18.4 Å². The number of carbonyl (C=O) groups is 1. The van der Waals surface area contributed by atoms with Gasteiger partial charge >= 0.3 is 0 Å². The fourth-order valence-electron chi connectivity index (χ4n) is 2.49. The van der Waals surface area contributed by atoms with E-state index in [0.717, 1.165) is 19.3 Å². The average Bonchev–Trinajstić information content (AvgIpc) is 2.19. The lowest BCUT2D eigenvalue weighted by molar-refractivity contribution is -0.120. The number of rotatable bonds is 5. The van der Waals surface area contributed by atoms with Crippen LogP contribution >= 0.6 is 0 Å². The molecule has 0 radical (unpaired) electrons. The standard InChI is InChI=1S/C12H23NO/c1-3-7-11(14)10-12(13-2)8-5-4-6-9-12/h13H,3-10H2,1-2H3. The van der Waals surface area contributed by atoms with E-state index >= 15 is 0 Å². The van der Waals surface area contributed by atoms with Gasteiger partial charge in [-0.3, -0.25) is 4.79 Å². The van der Waals surface area contributed by atoms with Gasteiger partial charge in [0.15, 0.2) is 0 Å². The smallest absolute Gasteiger partial charge is 0.134 e. The molecular formula is C12H23NO. The molecular weight excluding hydrogens is 174 g/mol. The predicted molar refractivity (Wildman–Crippen MR) is 59.4 cm³/mol. The van der Waals surface area contributed by atoms with Crippen molar-refractivity contribution in [3.05, 3.63) is 0 Å². The second-order valence-electron chi connectivity index (χ2n) is 4.56. The minimum Gasteiger partial charge on any atom is -0.314 e. The summed E-state index contributed by atoms with van der Waals surface area (Å²) in [5, 5.41) is 3.39. The van der Waals surface area contributed by atoms with Gasteiger partial charge in [0.05, 0.1) is 0 Å². The van der Waals surface area contributed by atoms with E-state index in [1.165, 1.54) is 32.1 Å². The van der Waals surface area contributed by atoms with Crippen LogP contribution in [0.25, 0.3) is 0 Å². The molecule has 14 heavy (non-hydrogen) atoms. The summed E-state index contributed by atoms with van der Waals surface area (Å²) in [5.41, 5.74) is 0.143. The molecule has 0 aromatic heterocycles. The Kier molecular flexibility index (Phi) is 4.59. The molecule has 1 fully saturated rings. The van der Waals surface area contributed by atoms with E-state index in [2.05, 4.69) is 12.2 Å². The Morgan fingerprint density at radius 3 is 2.43 bits per heavy atom. The Labute approximate surface area is 87.5 Å². The predicted octanol–water partition coefficient (Wildman–Crippen LogP) is 2.67. The maximum absolute atomic E-state index is 11.6. The van der Waals surface area contributed by atoms with Crippen molar-refractivity contribution in [2.45, 2.75) is 63.8 Å². The van der Waals surface area contributed by atoms with Crippen LogP contribution in [0.4, 0.5) is 0 Å². The molecule has 1 aliphatic rings. The quantitative estimate of drug-likeness (QED) is 0.734. The normalized spacial score (nSPS) is 20.7. The Bertz CT molecular complexity index is 183. The lowest BCUT2D eigenvalue weighted by Crippen LogP contribution is -2.46. The van der Waals surface area contributed by atoms with Crippen LogP contribution in [-0.4, -0.2) is 18.4 Å².